The summed E-state index contributed by atoms with van der Waals surface area (Å²) in [5.41, 5.74) is 0.355. The second kappa shape index (κ2) is 4.29. The van der Waals surface area contributed by atoms with E-state index >= 15 is 0 Å². The number of carbonyl (C=O) groups excluding carboxylic acids is 2. The molecule has 0 N–H and O–H groups in total. The maximum absolute atomic E-state index is 11.5. The summed E-state index contributed by atoms with van der Waals surface area (Å²) in [7, 11) is 0. The van der Waals surface area contributed by atoms with Gasteiger partial charge in [0.25, 0.3) is 0 Å². The highest BCUT2D eigenvalue weighted by molar-refractivity contribution is 5.92. The van der Waals surface area contributed by atoms with Crippen molar-refractivity contribution >= 4 is 11.8 Å². The van der Waals surface area contributed by atoms with Crippen molar-refractivity contribution in [2.45, 2.75) is 31.8 Å². The molecule has 0 spiro atoms. The molecule has 0 radical (unpaired) electrons. The SMILES string of the molecule is O=C(OC1CCCCC1=O)c1ccoc1. The van der Waals surface area contributed by atoms with Crippen LogP contribution in [0.1, 0.15) is 36.0 Å². The second-order valence-corrected chi connectivity index (χ2v) is 3.62. The average molecular weight is 208 g/mol. The molecule has 1 aromatic heterocycles. The number of ether oxygens (including phenoxy) is 1. The summed E-state index contributed by atoms with van der Waals surface area (Å²) >= 11 is 0. The largest absolute Gasteiger partial charge is 0.472 e. The van der Waals surface area contributed by atoms with Crippen molar-refractivity contribution in [1.82, 2.24) is 0 Å². The van der Waals surface area contributed by atoms with Gasteiger partial charge in [0, 0.05) is 6.42 Å². The number of ketones is 1. The first-order valence-electron chi connectivity index (χ1n) is 5.03. The lowest BCUT2D eigenvalue weighted by Crippen LogP contribution is -2.30. The van der Waals surface area contributed by atoms with Crippen molar-refractivity contribution in [3.05, 3.63) is 24.2 Å². The zero-order valence-electron chi connectivity index (χ0n) is 8.27. The third-order valence-electron chi connectivity index (χ3n) is 2.50. The molecule has 0 aromatic carbocycles. The maximum atomic E-state index is 11.5. The van der Waals surface area contributed by atoms with Crippen LogP contribution in [0.2, 0.25) is 0 Å². The Morgan fingerprint density at radius 2 is 2.33 bits per heavy atom. The van der Waals surface area contributed by atoms with E-state index in [2.05, 4.69) is 0 Å². The zero-order chi connectivity index (χ0) is 10.7. The zero-order valence-corrected chi connectivity index (χ0v) is 8.27. The van der Waals surface area contributed by atoms with Crippen molar-refractivity contribution in [1.29, 1.82) is 0 Å². The number of esters is 1. The molecule has 1 aliphatic carbocycles. The first-order chi connectivity index (χ1) is 7.27. The minimum Gasteiger partial charge on any atom is -0.472 e. The number of hydrogen-bond donors (Lipinski definition) is 0. The molecule has 1 aromatic rings. The molecule has 2 rings (SSSR count). The van der Waals surface area contributed by atoms with Crippen LogP contribution < -0.4 is 0 Å². The molecule has 1 aliphatic rings. The predicted molar refractivity (Wildman–Crippen MR) is 51.4 cm³/mol. The van der Waals surface area contributed by atoms with E-state index in [-0.39, 0.29) is 5.78 Å². The molecule has 0 saturated heterocycles. The van der Waals surface area contributed by atoms with Crippen LogP contribution in [-0.2, 0) is 9.53 Å². The molecule has 1 saturated carbocycles. The van der Waals surface area contributed by atoms with E-state index in [4.69, 9.17) is 9.15 Å². The molecule has 4 nitrogen and oxygen atoms in total. The Bertz CT molecular complexity index is 353. The highest BCUT2D eigenvalue weighted by atomic mass is 16.5. The standard InChI is InChI=1S/C11H12O4/c12-9-3-1-2-4-10(9)15-11(13)8-5-6-14-7-8/h5-7,10H,1-4H2. The normalized spacial score (nSPS) is 21.3. The van der Waals surface area contributed by atoms with E-state index in [1.54, 1.807) is 0 Å². The molecule has 15 heavy (non-hydrogen) atoms. The van der Waals surface area contributed by atoms with Gasteiger partial charge in [-0.1, -0.05) is 0 Å². The van der Waals surface area contributed by atoms with Crippen LogP contribution in [-0.4, -0.2) is 17.9 Å². The summed E-state index contributed by atoms with van der Waals surface area (Å²) in [6.45, 7) is 0. The van der Waals surface area contributed by atoms with E-state index in [1.807, 2.05) is 0 Å². The van der Waals surface area contributed by atoms with E-state index in [9.17, 15) is 9.59 Å². The van der Waals surface area contributed by atoms with E-state index in [0.717, 1.165) is 12.8 Å². The van der Waals surface area contributed by atoms with E-state index in [1.165, 1.54) is 18.6 Å². The molecule has 1 atom stereocenters. The van der Waals surface area contributed by atoms with Crippen LogP contribution in [0.25, 0.3) is 0 Å². The molecule has 1 unspecified atom stereocenters. The lowest BCUT2D eigenvalue weighted by Gasteiger charge is -2.20. The molecular weight excluding hydrogens is 196 g/mol. The first-order valence-corrected chi connectivity index (χ1v) is 5.03. The smallest absolute Gasteiger partial charge is 0.342 e. The minimum atomic E-state index is -0.554. The Morgan fingerprint density at radius 1 is 1.47 bits per heavy atom. The summed E-state index contributed by atoms with van der Waals surface area (Å²) < 4.78 is 9.87. The summed E-state index contributed by atoms with van der Waals surface area (Å²) in [6, 6.07) is 1.52. The Hall–Kier alpha value is -1.58. The fourth-order valence-electron chi connectivity index (χ4n) is 1.65. The van der Waals surface area contributed by atoms with Gasteiger partial charge >= 0.3 is 5.97 Å². The van der Waals surface area contributed by atoms with Crippen LogP contribution in [0.5, 0.6) is 0 Å². The van der Waals surface area contributed by atoms with Gasteiger partial charge < -0.3 is 9.15 Å². The van der Waals surface area contributed by atoms with Crippen LogP contribution in [0, 0.1) is 0 Å². The third-order valence-corrected chi connectivity index (χ3v) is 2.50. The number of rotatable bonds is 2. The minimum absolute atomic E-state index is 0.0260. The van der Waals surface area contributed by atoms with Gasteiger partial charge in [-0.15, -0.1) is 0 Å². The molecule has 80 valence electrons. The first kappa shape index (κ1) is 9.96. The number of furan rings is 1. The van der Waals surface area contributed by atoms with Crippen molar-refractivity contribution in [3.63, 3.8) is 0 Å². The Morgan fingerprint density at radius 3 is 3.00 bits per heavy atom. The van der Waals surface area contributed by atoms with E-state index in [0.29, 0.717) is 18.4 Å². The molecule has 0 aliphatic heterocycles. The third kappa shape index (κ3) is 2.26. The van der Waals surface area contributed by atoms with E-state index < -0.39 is 12.1 Å². The summed E-state index contributed by atoms with van der Waals surface area (Å²) in [5, 5.41) is 0. The molecule has 1 fully saturated rings. The molecule has 0 bridgehead atoms. The quantitative estimate of drug-likeness (QED) is 0.697. The van der Waals surface area contributed by atoms with Gasteiger partial charge in [-0.05, 0) is 25.3 Å². The van der Waals surface area contributed by atoms with Crippen LogP contribution in [0.15, 0.2) is 23.0 Å². The summed E-state index contributed by atoms with van der Waals surface area (Å²) in [6.07, 6.45) is 5.16. The molecule has 4 heteroatoms. The van der Waals surface area contributed by atoms with Gasteiger partial charge in [0.05, 0.1) is 11.8 Å². The lowest BCUT2D eigenvalue weighted by molar-refractivity contribution is -0.129. The highest BCUT2D eigenvalue weighted by Gasteiger charge is 2.26. The summed E-state index contributed by atoms with van der Waals surface area (Å²) in [4.78, 5) is 22.9. The maximum Gasteiger partial charge on any atom is 0.342 e. The van der Waals surface area contributed by atoms with Crippen LogP contribution in [0.3, 0.4) is 0 Å². The lowest BCUT2D eigenvalue weighted by atomic mass is 9.96. The van der Waals surface area contributed by atoms with Gasteiger partial charge in [0.2, 0.25) is 0 Å². The van der Waals surface area contributed by atoms with Crippen LogP contribution >= 0.6 is 0 Å². The fourth-order valence-corrected chi connectivity index (χ4v) is 1.65. The monoisotopic (exact) mass is 208 g/mol. The van der Waals surface area contributed by atoms with Gasteiger partial charge in [0.1, 0.15) is 6.26 Å². The van der Waals surface area contributed by atoms with Crippen molar-refractivity contribution in [2.24, 2.45) is 0 Å². The number of carbonyl (C=O) groups is 2. The van der Waals surface area contributed by atoms with Crippen molar-refractivity contribution in [2.75, 3.05) is 0 Å². The predicted octanol–water partition coefficient (Wildman–Crippen LogP) is 1.95. The topological polar surface area (TPSA) is 56.5 Å². The molecule has 0 amide bonds. The van der Waals surface area contributed by atoms with Crippen molar-refractivity contribution in [3.8, 4) is 0 Å². The van der Waals surface area contributed by atoms with Gasteiger partial charge in [-0.3, -0.25) is 4.79 Å². The Kier molecular flexibility index (Phi) is 2.85. The average Bonchev–Trinajstić information content (AvgIpc) is 2.74. The fraction of sp³-hybridized carbons (Fsp3) is 0.455. The van der Waals surface area contributed by atoms with Crippen molar-refractivity contribution < 1.29 is 18.7 Å². The second-order valence-electron chi connectivity index (χ2n) is 3.62. The summed E-state index contributed by atoms with van der Waals surface area (Å²) in [5.74, 6) is -0.456. The van der Waals surface area contributed by atoms with Gasteiger partial charge in [0.15, 0.2) is 11.9 Å². The highest BCUT2D eigenvalue weighted by Crippen LogP contribution is 2.18. The number of hydrogen-bond acceptors (Lipinski definition) is 4. The van der Waals surface area contributed by atoms with Gasteiger partial charge in [-0.25, -0.2) is 4.79 Å². The Balaban J connectivity index is 1.96. The Labute approximate surface area is 87.2 Å². The number of Topliss-reactive ketones (excluding diaryl/α,β-unsaturated/α-hetero) is 1. The molecule has 1 heterocycles. The van der Waals surface area contributed by atoms with Gasteiger partial charge in [-0.2, -0.15) is 0 Å². The van der Waals surface area contributed by atoms with Crippen LogP contribution in [0.4, 0.5) is 0 Å². The molecular formula is C11H12O4.